The van der Waals surface area contributed by atoms with E-state index in [4.69, 9.17) is 4.74 Å². The maximum absolute atomic E-state index is 11.0. The lowest BCUT2D eigenvalue weighted by molar-refractivity contribution is -0.125. The second-order valence-electron chi connectivity index (χ2n) is 2.58. The molecule has 10 heavy (non-hydrogen) atoms. The van der Waals surface area contributed by atoms with Crippen LogP contribution in [0.5, 0.6) is 0 Å². The molecule has 2 fully saturated rings. The number of nitrogens with one attached hydrogen (secondary N) is 1. The van der Waals surface area contributed by atoms with Crippen molar-refractivity contribution in [1.29, 1.82) is 0 Å². The number of ether oxygens (including phenoxy) is 1. The van der Waals surface area contributed by atoms with Gasteiger partial charge in [0.2, 0.25) is 0 Å². The van der Waals surface area contributed by atoms with Crippen LogP contribution in [0.25, 0.3) is 0 Å². The number of hydrogen-bond donors (Lipinski definition) is 1. The molecule has 2 aliphatic rings. The van der Waals surface area contributed by atoms with E-state index in [1.165, 1.54) is 0 Å². The summed E-state index contributed by atoms with van der Waals surface area (Å²) >= 11 is 0. The van der Waals surface area contributed by atoms with Gasteiger partial charge in [-0.15, -0.1) is 12.4 Å². The third-order valence-corrected chi connectivity index (χ3v) is 1.94. The Morgan fingerprint density at radius 1 is 1.50 bits per heavy atom. The normalized spacial score (nSPS) is 37.4. The summed E-state index contributed by atoms with van der Waals surface area (Å²) in [6.07, 6.45) is -0.122. The number of carbonyl (C=O) groups excluding carboxylic acids is 1. The van der Waals surface area contributed by atoms with Crippen molar-refractivity contribution >= 4 is 18.2 Å². The number of rotatable bonds is 0. The molecule has 2 aliphatic heterocycles. The molecule has 2 atom stereocenters. The quantitative estimate of drug-likeness (QED) is 0.528. The van der Waals surface area contributed by atoms with Gasteiger partial charge in [0.15, 0.2) is 5.78 Å². The highest BCUT2D eigenvalue weighted by molar-refractivity contribution is 5.88. The summed E-state index contributed by atoms with van der Waals surface area (Å²) < 4.78 is 5.18. The van der Waals surface area contributed by atoms with Crippen molar-refractivity contribution in [3.8, 4) is 0 Å². The largest absolute Gasteiger partial charge is 0.368 e. The molecule has 2 rings (SSSR count). The summed E-state index contributed by atoms with van der Waals surface area (Å²) in [6, 6.07) is 0. The number of Topliss-reactive ketones (excluding diaryl/α,β-unsaturated/α-hetero) is 1. The minimum absolute atomic E-state index is 0. The number of piperidine rings is 1. The molecule has 0 amide bonds. The molecule has 0 radical (unpaired) electrons. The smallest absolute Gasteiger partial charge is 0.169 e. The van der Waals surface area contributed by atoms with E-state index in [9.17, 15) is 4.79 Å². The Kier molecular flexibility index (Phi) is 2.28. The molecule has 0 saturated carbocycles. The van der Waals surface area contributed by atoms with Crippen LogP contribution in [0.2, 0.25) is 0 Å². The van der Waals surface area contributed by atoms with Gasteiger partial charge < -0.3 is 10.1 Å². The van der Waals surface area contributed by atoms with Crippen molar-refractivity contribution in [2.75, 3.05) is 19.7 Å². The number of halogens is 1. The fraction of sp³-hybridized carbons (Fsp3) is 0.833. The number of ketones is 1. The summed E-state index contributed by atoms with van der Waals surface area (Å²) in [5.74, 6) is 0.456. The second kappa shape index (κ2) is 2.86. The van der Waals surface area contributed by atoms with Crippen LogP contribution in [-0.2, 0) is 9.53 Å². The lowest BCUT2D eigenvalue weighted by atomic mass is 10.0. The number of hydrogen-bond acceptors (Lipinski definition) is 3. The fourth-order valence-electron chi connectivity index (χ4n) is 1.37. The van der Waals surface area contributed by atoms with E-state index in [1.54, 1.807) is 0 Å². The van der Waals surface area contributed by atoms with E-state index >= 15 is 0 Å². The van der Waals surface area contributed by atoms with Crippen molar-refractivity contribution in [2.45, 2.75) is 6.10 Å². The van der Waals surface area contributed by atoms with Crippen LogP contribution >= 0.6 is 12.4 Å². The lowest BCUT2D eigenvalue weighted by Gasteiger charge is -2.15. The minimum atomic E-state index is -0.122. The second-order valence-corrected chi connectivity index (χ2v) is 2.58. The van der Waals surface area contributed by atoms with Gasteiger partial charge in [-0.05, 0) is 0 Å². The Morgan fingerprint density at radius 3 is 2.90 bits per heavy atom. The predicted octanol–water partition coefficient (Wildman–Crippen LogP) is -0.405. The van der Waals surface area contributed by atoms with Crippen LogP contribution in [0.1, 0.15) is 0 Å². The average Bonchev–Trinajstić information content (AvgIpc) is 2.19. The van der Waals surface area contributed by atoms with Crippen LogP contribution < -0.4 is 5.32 Å². The molecule has 2 saturated heterocycles. The van der Waals surface area contributed by atoms with Gasteiger partial charge in [-0.3, -0.25) is 4.79 Å². The molecule has 2 bridgehead atoms. The van der Waals surface area contributed by atoms with E-state index in [2.05, 4.69) is 5.32 Å². The molecule has 4 heteroatoms. The van der Waals surface area contributed by atoms with Crippen molar-refractivity contribution in [3.63, 3.8) is 0 Å². The van der Waals surface area contributed by atoms with Crippen molar-refractivity contribution in [3.05, 3.63) is 0 Å². The van der Waals surface area contributed by atoms with Gasteiger partial charge in [-0.2, -0.15) is 0 Å². The Balaban J connectivity index is 0.000000500. The highest BCUT2D eigenvalue weighted by Gasteiger charge is 2.37. The van der Waals surface area contributed by atoms with Crippen LogP contribution in [-0.4, -0.2) is 31.6 Å². The van der Waals surface area contributed by atoms with Crippen LogP contribution in [0.3, 0.4) is 0 Å². The van der Waals surface area contributed by atoms with Gasteiger partial charge in [-0.25, -0.2) is 0 Å². The predicted molar refractivity (Wildman–Crippen MR) is 38.4 cm³/mol. The van der Waals surface area contributed by atoms with Gasteiger partial charge in [0.05, 0.1) is 12.5 Å². The average molecular weight is 164 g/mol. The Hall–Kier alpha value is -0.120. The zero-order valence-electron chi connectivity index (χ0n) is 5.50. The summed E-state index contributed by atoms with van der Waals surface area (Å²) in [4.78, 5) is 11.0. The third-order valence-electron chi connectivity index (χ3n) is 1.94. The maximum Gasteiger partial charge on any atom is 0.169 e. The molecule has 2 unspecified atom stereocenters. The van der Waals surface area contributed by atoms with E-state index in [-0.39, 0.29) is 24.4 Å². The van der Waals surface area contributed by atoms with Gasteiger partial charge in [0, 0.05) is 13.1 Å². The van der Waals surface area contributed by atoms with Crippen molar-refractivity contribution < 1.29 is 9.53 Å². The molecule has 2 heterocycles. The van der Waals surface area contributed by atoms with E-state index in [1.807, 2.05) is 0 Å². The number of carbonyl (C=O) groups is 1. The molecule has 0 aromatic rings. The molecule has 0 aromatic carbocycles. The van der Waals surface area contributed by atoms with Gasteiger partial charge >= 0.3 is 0 Å². The van der Waals surface area contributed by atoms with E-state index in [0.29, 0.717) is 12.4 Å². The first-order valence-corrected chi connectivity index (χ1v) is 3.24. The first-order valence-electron chi connectivity index (χ1n) is 3.24. The monoisotopic (exact) mass is 163 g/mol. The molecule has 0 aliphatic carbocycles. The summed E-state index contributed by atoms with van der Waals surface area (Å²) in [5.41, 5.74) is 0. The molecule has 0 spiro atoms. The summed E-state index contributed by atoms with van der Waals surface area (Å²) in [7, 11) is 0. The van der Waals surface area contributed by atoms with Crippen LogP contribution in [0.4, 0.5) is 0 Å². The zero-order chi connectivity index (χ0) is 6.27. The topological polar surface area (TPSA) is 38.3 Å². The third kappa shape index (κ3) is 1.05. The highest BCUT2D eigenvalue weighted by Crippen LogP contribution is 2.17. The van der Waals surface area contributed by atoms with E-state index < -0.39 is 0 Å². The fourth-order valence-corrected chi connectivity index (χ4v) is 1.37. The zero-order valence-corrected chi connectivity index (χ0v) is 6.32. The van der Waals surface area contributed by atoms with Gasteiger partial charge in [0.1, 0.15) is 6.10 Å². The first-order chi connectivity index (χ1) is 4.38. The molecule has 1 N–H and O–H groups in total. The summed E-state index contributed by atoms with van der Waals surface area (Å²) in [5, 5.41) is 3.13. The lowest BCUT2D eigenvalue weighted by Crippen LogP contribution is -2.42. The summed E-state index contributed by atoms with van der Waals surface area (Å²) in [6.45, 7) is 2.17. The first kappa shape index (κ1) is 7.98. The molecule has 58 valence electrons. The van der Waals surface area contributed by atoms with Crippen molar-refractivity contribution in [2.24, 2.45) is 5.92 Å². The standard InChI is InChI=1S/C6H9NO2.ClH/c8-6-4-1-7-2-5(6)9-3-4;/h4-5,7H,1-3H2;1H. The molecule has 3 nitrogen and oxygen atoms in total. The molecular formula is C6H10ClNO2. The molecule has 0 aromatic heterocycles. The minimum Gasteiger partial charge on any atom is -0.368 e. The highest BCUT2D eigenvalue weighted by atomic mass is 35.5. The van der Waals surface area contributed by atoms with Crippen LogP contribution in [0.15, 0.2) is 0 Å². The van der Waals surface area contributed by atoms with Gasteiger partial charge in [-0.1, -0.05) is 0 Å². The Morgan fingerprint density at radius 2 is 2.30 bits per heavy atom. The SMILES string of the molecule is Cl.O=C1C2CNCC1OC2. The molecular weight excluding hydrogens is 154 g/mol. The Bertz CT molecular complexity index is 133. The van der Waals surface area contributed by atoms with Crippen LogP contribution in [0, 0.1) is 5.92 Å². The van der Waals surface area contributed by atoms with Crippen molar-refractivity contribution in [1.82, 2.24) is 5.32 Å². The number of fused-ring (bicyclic) bond motifs is 2. The van der Waals surface area contributed by atoms with Gasteiger partial charge in [0.25, 0.3) is 0 Å². The van der Waals surface area contributed by atoms with E-state index in [0.717, 1.165) is 13.1 Å². The maximum atomic E-state index is 11.0. The Labute approximate surface area is 65.5 Å².